The van der Waals surface area contributed by atoms with Gasteiger partial charge >= 0.3 is 0 Å². The van der Waals surface area contributed by atoms with Gasteiger partial charge in [0.2, 0.25) is 37.8 Å². The Morgan fingerprint density at radius 2 is 0.921 bits per heavy atom. The lowest BCUT2D eigenvalue weighted by atomic mass is 10.1. The van der Waals surface area contributed by atoms with E-state index in [0.29, 0.717) is 72.2 Å². The highest BCUT2D eigenvalue weighted by atomic mass is 35.5. The Morgan fingerprint density at radius 3 is 1.29 bits per heavy atom. The summed E-state index contributed by atoms with van der Waals surface area (Å²) < 4.78 is 71.4. The van der Waals surface area contributed by atoms with E-state index < -0.39 is 29.9 Å². The SMILES string of the molecule is CN(C(=O)CCC(=O)/C=C/c1cccc(Cl)c1)C1CCS(=O)(=O)CC1.CS(=O)(=O)N1CCN(C(=O)CCC(=O)/C=C/c2ccc(Cl)c(Cl)c2)CC1.CS(=O)(=O)N1CCN(C(=O)CCC(=O)/C=C/c2cccc(Cl)c2)CC1. The number of nitrogens with zero attached hydrogens (tertiary/aromatic N) is 5. The average Bonchev–Trinajstić information content (AvgIpc) is 3.37. The molecule has 3 aromatic rings. The number of allylic oxidation sites excluding steroid dienone is 3. The van der Waals surface area contributed by atoms with Gasteiger partial charge in [0.25, 0.3) is 0 Å². The molecule has 3 saturated heterocycles. The van der Waals surface area contributed by atoms with E-state index in [1.807, 2.05) is 12.1 Å². The van der Waals surface area contributed by atoms with E-state index in [1.165, 1.54) is 26.8 Å². The number of carbonyl (C=O) groups is 6. The van der Waals surface area contributed by atoms with Crippen LogP contribution < -0.4 is 0 Å². The second kappa shape index (κ2) is 30.4. The minimum absolute atomic E-state index is 0.0619. The molecule has 3 aliphatic heterocycles. The molecule has 0 radical (unpaired) electrons. The molecule has 76 heavy (non-hydrogen) atoms. The second-order valence-electron chi connectivity index (χ2n) is 18.2. The Morgan fingerprint density at radius 1 is 0.539 bits per heavy atom. The quantitative estimate of drug-likeness (QED) is 0.118. The number of benzene rings is 3. The molecule has 6 rings (SSSR count). The van der Waals surface area contributed by atoms with Crippen molar-refractivity contribution in [1.29, 1.82) is 0 Å². The fourth-order valence-electron chi connectivity index (χ4n) is 7.84. The van der Waals surface area contributed by atoms with Gasteiger partial charge in [0.15, 0.2) is 17.3 Å². The summed E-state index contributed by atoms with van der Waals surface area (Å²) in [5, 5.41) is 2.04. The van der Waals surface area contributed by atoms with Crippen molar-refractivity contribution in [3.05, 3.63) is 122 Å². The molecule has 3 aliphatic rings. The van der Waals surface area contributed by atoms with E-state index in [2.05, 4.69) is 0 Å². The summed E-state index contributed by atoms with van der Waals surface area (Å²) in [4.78, 5) is 77.1. The first kappa shape index (κ1) is 63.8. The number of hydrogen-bond donors (Lipinski definition) is 0. The van der Waals surface area contributed by atoms with Gasteiger partial charge in [-0.2, -0.15) is 8.61 Å². The van der Waals surface area contributed by atoms with E-state index >= 15 is 0 Å². The first-order valence-corrected chi connectivity index (χ1v) is 31.2. The van der Waals surface area contributed by atoms with Gasteiger partial charge in [-0.15, -0.1) is 0 Å². The number of sulfone groups is 1. The first-order chi connectivity index (χ1) is 35.7. The third-order valence-corrected chi connectivity index (χ3v) is 17.9. The Hall–Kier alpha value is -4.77. The molecule has 24 heteroatoms. The van der Waals surface area contributed by atoms with Crippen molar-refractivity contribution >= 4 is 130 Å². The number of halogens is 4. The molecule has 414 valence electrons. The second-order valence-corrected chi connectivity index (χ2v) is 26.1. The molecular formula is C52H63Cl4N5O12S3. The van der Waals surface area contributed by atoms with Crippen molar-refractivity contribution in [1.82, 2.24) is 23.3 Å². The van der Waals surface area contributed by atoms with Crippen LogP contribution in [0.25, 0.3) is 18.2 Å². The van der Waals surface area contributed by atoms with Crippen molar-refractivity contribution in [2.75, 3.05) is 83.4 Å². The van der Waals surface area contributed by atoms with Crippen molar-refractivity contribution < 1.29 is 54.0 Å². The van der Waals surface area contributed by atoms with Gasteiger partial charge in [-0.3, -0.25) is 28.8 Å². The number of carbonyl (C=O) groups excluding carboxylic acids is 6. The van der Waals surface area contributed by atoms with E-state index in [-0.39, 0.29) is 104 Å². The first-order valence-electron chi connectivity index (χ1n) is 24.2. The molecule has 0 atom stereocenters. The minimum Gasteiger partial charge on any atom is -0.343 e. The molecule has 0 saturated carbocycles. The molecule has 3 heterocycles. The van der Waals surface area contributed by atoms with Crippen molar-refractivity contribution in [2.24, 2.45) is 0 Å². The molecule has 0 spiro atoms. The number of ketones is 3. The standard InChI is InChI=1S/C18H22ClNO4S.C17H20Cl2N2O4S.C17H21ClN2O4S/c1-20(16-9-11-25(23,24)12-10-16)18(22)8-7-17(21)6-5-14-3-2-4-15(19)13-14;1-26(24,25)21-10-8-20(9-11-21)17(23)7-5-14(22)4-2-13-3-6-15(18)16(19)12-13;1-25(23,24)20-11-9-19(10-12-20)17(22)8-7-16(21)6-5-14-3-2-4-15(18)13-14/h2-6,13,16H,7-12H2,1H3;2-4,6,12H,5,7-11H2,1H3;2-6,13H,7-12H2,1H3/b6-5+;4-2+;6-5+. The van der Waals surface area contributed by atoms with Crippen LogP contribution in [0.4, 0.5) is 0 Å². The summed E-state index contributed by atoms with van der Waals surface area (Å²) in [6.07, 6.45) is 13.2. The van der Waals surface area contributed by atoms with Crippen molar-refractivity contribution in [3.63, 3.8) is 0 Å². The molecule has 0 unspecified atom stereocenters. The molecule has 0 N–H and O–H groups in total. The minimum atomic E-state index is -3.23. The Labute approximate surface area is 466 Å². The number of sulfonamides is 2. The van der Waals surface area contributed by atoms with Gasteiger partial charge in [0.05, 0.1) is 34.1 Å². The number of hydrogen-bond acceptors (Lipinski definition) is 12. The van der Waals surface area contributed by atoms with Crippen LogP contribution in [0, 0.1) is 0 Å². The highest BCUT2D eigenvalue weighted by molar-refractivity contribution is 7.91. The summed E-state index contributed by atoms with van der Waals surface area (Å²) in [7, 11) is -7.71. The fraction of sp³-hybridized carbons (Fsp3) is 0.423. The zero-order chi connectivity index (χ0) is 56.2. The number of piperazine rings is 2. The normalized spacial score (nSPS) is 16.7. The molecule has 0 aliphatic carbocycles. The van der Waals surface area contributed by atoms with Gasteiger partial charge < -0.3 is 14.7 Å². The van der Waals surface area contributed by atoms with Gasteiger partial charge in [0, 0.05) is 114 Å². The molecule has 0 bridgehead atoms. The van der Waals surface area contributed by atoms with Crippen molar-refractivity contribution in [3.8, 4) is 0 Å². The zero-order valence-electron chi connectivity index (χ0n) is 42.5. The smallest absolute Gasteiger partial charge is 0.223 e. The van der Waals surface area contributed by atoms with Crippen LogP contribution >= 0.6 is 46.4 Å². The van der Waals surface area contributed by atoms with Crippen LogP contribution in [0.5, 0.6) is 0 Å². The van der Waals surface area contributed by atoms with Gasteiger partial charge in [0.1, 0.15) is 9.84 Å². The lowest BCUT2D eigenvalue weighted by Gasteiger charge is -2.33. The maximum Gasteiger partial charge on any atom is 0.223 e. The molecule has 3 aromatic carbocycles. The van der Waals surface area contributed by atoms with E-state index in [9.17, 15) is 54.0 Å². The Kier molecular flexibility index (Phi) is 25.5. The maximum atomic E-state index is 12.2. The highest BCUT2D eigenvalue weighted by Gasteiger charge is 2.29. The average molecular weight is 1190 g/mol. The van der Waals surface area contributed by atoms with E-state index in [1.54, 1.807) is 94.6 Å². The number of rotatable bonds is 18. The Balaban J connectivity index is 0.000000246. The number of amides is 3. The summed E-state index contributed by atoms with van der Waals surface area (Å²) in [6, 6.07) is 19.3. The lowest BCUT2D eigenvalue weighted by molar-refractivity contribution is -0.134. The largest absolute Gasteiger partial charge is 0.343 e. The fourth-order valence-corrected chi connectivity index (χ4v) is 11.7. The monoisotopic (exact) mass is 1190 g/mol. The van der Waals surface area contributed by atoms with Gasteiger partial charge in [-0.05, 0) is 84.2 Å². The van der Waals surface area contributed by atoms with Gasteiger partial charge in [-0.1, -0.05) is 95.0 Å². The molecule has 17 nitrogen and oxygen atoms in total. The molecule has 0 aromatic heterocycles. The van der Waals surface area contributed by atoms with Crippen LogP contribution in [0.15, 0.2) is 85.0 Å². The maximum absolute atomic E-state index is 12.2. The highest BCUT2D eigenvalue weighted by Crippen LogP contribution is 2.24. The van der Waals surface area contributed by atoms with E-state index in [0.717, 1.165) is 29.2 Å². The van der Waals surface area contributed by atoms with Crippen LogP contribution in [0.1, 0.15) is 68.1 Å². The third-order valence-electron chi connectivity index (χ3n) is 12.4. The molecule has 3 fully saturated rings. The summed E-state index contributed by atoms with van der Waals surface area (Å²) in [5.74, 6) is -0.594. The Bertz CT molecular complexity index is 2980. The lowest BCUT2D eigenvalue weighted by Crippen LogP contribution is -2.50. The van der Waals surface area contributed by atoms with Gasteiger partial charge in [-0.25, -0.2) is 25.3 Å². The predicted molar refractivity (Wildman–Crippen MR) is 300 cm³/mol. The predicted octanol–water partition coefficient (Wildman–Crippen LogP) is 7.00. The third kappa shape index (κ3) is 23.1. The summed E-state index contributed by atoms with van der Waals surface area (Å²) in [6.45, 7) is 2.58. The van der Waals surface area contributed by atoms with Crippen molar-refractivity contribution in [2.45, 2.75) is 57.4 Å². The molecular weight excluding hydrogens is 1120 g/mol. The van der Waals surface area contributed by atoms with Crippen LogP contribution in [0.2, 0.25) is 20.1 Å². The van der Waals surface area contributed by atoms with Crippen LogP contribution in [-0.4, -0.2) is 173 Å². The van der Waals surface area contributed by atoms with E-state index in [4.69, 9.17) is 46.4 Å². The molecule has 3 amide bonds. The topological polar surface area (TPSA) is 221 Å². The van der Waals surface area contributed by atoms with Crippen LogP contribution in [0.3, 0.4) is 0 Å². The zero-order valence-corrected chi connectivity index (χ0v) is 48.0. The summed E-state index contributed by atoms with van der Waals surface area (Å²) in [5.41, 5.74) is 2.40. The summed E-state index contributed by atoms with van der Waals surface area (Å²) >= 11 is 23.5. The van der Waals surface area contributed by atoms with Crippen LogP contribution in [-0.2, 0) is 58.7 Å².